The number of halogens is 2. The van der Waals surface area contributed by atoms with E-state index in [2.05, 4.69) is 0 Å². The monoisotopic (exact) mass is 475 g/mol. The molecule has 0 atom stereocenters. The van der Waals surface area contributed by atoms with Gasteiger partial charge in [-0.15, -0.1) is 0 Å². The molecule has 0 spiro atoms. The summed E-state index contributed by atoms with van der Waals surface area (Å²) in [5.74, 6) is -2.08. The minimum atomic E-state index is -3.95. The molecule has 0 amide bonds. The van der Waals surface area contributed by atoms with Crippen LogP contribution in [0.5, 0.6) is 5.75 Å². The number of ether oxygens (including phenoxy) is 2. The van der Waals surface area contributed by atoms with Gasteiger partial charge in [0, 0.05) is 6.54 Å². The van der Waals surface area contributed by atoms with Crippen molar-refractivity contribution in [3.05, 3.63) is 89.0 Å². The molecule has 0 radical (unpaired) electrons. The molecule has 3 aromatic rings. The SMILES string of the molecule is CCN(c1ccc(OCc2ccc(F)c(F)c2)cc1)S(=O)(=O)c1ccc(C)c(C(=O)OC)c1. The van der Waals surface area contributed by atoms with E-state index >= 15 is 0 Å². The number of benzene rings is 3. The van der Waals surface area contributed by atoms with Crippen molar-refractivity contribution in [1.29, 1.82) is 0 Å². The number of aryl methyl sites for hydroxylation is 1. The molecule has 0 fully saturated rings. The van der Waals surface area contributed by atoms with Gasteiger partial charge in [0.05, 0.1) is 23.3 Å². The number of methoxy groups -OCH3 is 1. The van der Waals surface area contributed by atoms with Gasteiger partial charge in [-0.2, -0.15) is 0 Å². The first-order valence-electron chi connectivity index (χ1n) is 10.1. The minimum Gasteiger partial charge on any atom is -0.489 e. The highest BCUT2D eigenvalue weighted by Crippen LogP contribution is 2.27. The first-order chi connectivity index (χ1) is 15.7. The zero-order valence-electron chi connectivity index (χ0n) is 18.3. The Morgan fingerprint density at radius 2 is 1.67 bits per heavy atom. The molecule has 174 valence electrons. The Balaban J connectivity index is 1.81. The average molecular weight is 476 g/mol. The Labute approximate surface area is 191 Å². The van der Waals surface area contributed by atoms with E-state index in [0.29, 0.717) is 22.6 Å². The number of esters is 1. The predicted molar refractivity (Wildman–Crippen MR) is 120 cm³/mol. The molecular formula is C24H23F2NO5S. The average Bonchev–Trinajstić information content (AvgIpc) is 2.80. The fourth-order valence-electron chi connectivity index (χ4n) is 3.21. The molecule has 3 rings (SSSR count). The second-order valence-electron chi connectivity index (χ2n) is 7.17. The summed E-state index contributed by atoms with van der Waals surface area (Å²) < 4.78 is 64.4. The smallest absolute Gasteiger partial charge is 0.338 e. The fraction of sp³-hybridized carbons (Fsp3) is 0.208. The number of nitrogens with zero attached hydrogens (tertiary/aromatic N) is 1. The second kappa shape index (κ2) is 9.99. The van der Waals surface area contributed by atoms with E-state index in [0.717, 1.165) is 12.1 Å². The first-order valence-corrected chi connectivity index (χ1v) is 11.5. The van der Waals surface area contributed by atoms with Crippen molar-refractivity contribution >= 4 is 21.7 Å². The lowest BCUT2D eigenvalue weighted by Crippen LogP contribution is -2.31. The van der Waals surface area contributed by atoms with Crippen LogP contribution in [0.2, 0.25) is 0 Å². The number of carbonyl (C=O) groups is 1. The highest BCUT2D eigenvalue weighted by molar-refractivity contribution is 7.92. The molecule has 0 aliphatic carbocycles. The van der Waals surface area contributed by atoms with Gasteiger partial charge in [-0.3, -0.25) is 4.31 Å². The van der Waals surface area contributed by atoms with Gasteiger partial charge in [0.25, 0.3) is 10.0 Å². The second-order valence-corrected chi connectivity index (χ2v) is 9.03. The van der Waals surface area contributed by atoms with Gasteiger partial charge in [-0.25, -0.2) is 22.0 Å². The third-order valence-electron chi connectivity index (χ3n) is 5.00. The van der Waals surface area contributed by atoms with Gasteiger partial charge in [-0.05, 0) is 73.5 Å². The standard InChI is InChI=1S/C24H23F2NO5S/c1-4-27(33(29,30)20-11-5-16(2)21(14-20)24(28)31-3)18-7-9-19(10-8-18)32-15-17-6-12-22(25)23(26)13-17/h5-14H,4,15H2,1-3H3. The number of sulfonamides is 1. The molecule has 0 aliphatic heterocycles. The molecule has 0 saturated carbocycles. The van der Waals surface area contributed by atoms with E-state index in [9.17, 15) is 22.0 Å². The molecule has 0 aromatic heterocycles. The predicted octanol–water partition coefficient (Wildman–Crippen LogP) is 4.85. The molecule has 0 heterocycles. The normalized spacial score (nSPS) is 11.2. The number of rotatable bonds is 8. The van der Waals surface area contributed by atoms with Crippen LogP contribution in [-0.4, -0.2) is 28.0 Å². The summed E-state index contributed by atoms with van der Waals surface area (Å²) in [6.07, 6.45) is 0. The highest BCUT2D eigenvalue weighted by Gasteiger charge is 2.25. The number of carbonyl (C=O) groups excluding carboxylic acids is 1. The molecule has 0 N–H and O–H groups in total. The summed E-state index contributed by atoms with van der Waals surface area (Å²) in [4.78, 5) is 11.9. The lowest BCUT2D eigenvalue weighted by atomic mass is 10.1. The van der Waals surface area contributed by atoms with Gasteiger partial charge < -0.3 is 9.47 Å². The Hall–Kier alpha value is -3.46. The maximum absolute atomic E-state index is 13.3. The summed E-state index contributed by atoms with van der Waals surface area (Å²) in [5, 5.41) is 0. The van der Waals surface area contributed by atoms with Crippen LogP contribution in [0.4, 0.5) is 14.5 Å². The lowest BCUT2D eigenvalue weighted by Gasteiger charge is -2.23. The molecular weight excluding hydrogens is 452 g/mol. The molecule has 0 saturated heterocycles. The van der Waals surface area contributed by atoms with Gasteiger partial charge in [0.1, 0.15) is 12.4 Å². The number of hydrogen-bond donors (Lipinski definition) is 0. The van der Waals surface area contributed by atoms with Gasteiger partial charge in [0.15, 0.2) is 11.6 Å². The van der Waals surface area contributed by atoms with Crippen molar-refractivity contribution in [3.8, 4) is 5.75 Å². The van der Waals surface area contributed by atoms with Crippen molar-refractivity contribution in [2.24, 2.45) is 0 Å². The molecule has 3 aromatic carbocycles. The molecule has 0 aliphatic rings. The lowest BCUT2D eigenvalue weighted by molar-refractivity contribution is 0.0599. The van der Waals surface area contributed by atoms with Crippen LogP contribution < -0.4 is 9.04 Å². The number of hydrogen-bond acceptors (Lipinski definition) is 5. The van der Waals surface area contributed by atoms with Crippen molar-refractivity contribution in [2.45, 2.75) is 25.3 Å². The molecule has 9 heteroatoms. The van der Waals surface area contributed by atoms with E-state index in [1.54, 1.807) is 44.2 Å². The van der Waals surface area contributed by atoms with Gasteiger partial charge in [0.2, 0.25) is 0 Å². The van der Waals surface area contributed by atoms with Gasteiger partial charge in [-0.1, -0.05) is 12.1 Å². The van der Waals surface area contributed by atoms with Crippen LogP contribution in [-0.2, 0) is 21.4 Å². The Bertz CT molecular complexity index is 1260. The summed E-state index contributed by atoms with van der Waals surface area (Å²) in [6.45, 7) is 3.56. The topological polar surface area (TPSA) is 72.9 Å². The van der Waals surface area contributed by atoms with Crippen LogP contribution in [0, 0.1) is 18.6 Å². The van der Waals surface area contributed by atoms with E-state index in [4.69, 9.17) is 9.47 Å². The fourth-order valence-corrected chi connectivity index (χ4v) is 4.72. The first kappa shape index (κ1) is 24.2. The van der Waals surface area contributed by atoms with Crippen LogP contribution in [0.25, 0.3) is 0 Å². The van der Waals surface area contributed by atoms with Crippen LogP contribution in [0.1, 0.15) is 28.4 Å². The molecule has 0 bridgehead atoms. The van der Waals surface area contributed by atoms with Crippen LogP contribution >= 0.6 is 0 Å². The van der Waals surface area contributed by atoms with E-state index in [1.165, 1.54) is 29.6 Å². The maximum atomic E-state index is 13.3. The maximum Gasteiger partial charge on any atom is 0.338 e. The summed E-state index contributed by atoms with van der Waals surface area (Å²) >= 11 is 0. The van der Waals surface area contributed by atoms with Crippen molar-refractivity contribution in [3.63, 3.8) is 0 Å². The Morgan fingerprint density at radius 1 is 0.970 bits per heavy atom. The largest absolute Gasteiger partial charge is 0.489 e. The van der Waals surface area contributed by atoms with Crippen molar-refractivity contribution < 1.29 is 31.5 Å². The number of anilines is 1. The van der Waals surface area contributed by atoms with E-state index < -0.39 is 27.6 Å². The zero-order chi connectivity index (χ0) is 24.2. The quantitative estimate of drug-likeness (QED) is 0.436. The molecule has 0 unspecified atom stereocenters. The van der Waals surface area contributed by atoms with Gasteiger partial charge >= 0.3 is 5.97 Å². The summed E-state index contributed by atoms with van der Waals surface area (Å²) in [5.41, 5.74) is 1.64. The zero-order valence-corrected chi connectivity index (χ0v) is 19.2. The third-order valence-corrected chi connectivity index (χ3v) is 6.90. The summed E-state index contributed by atoms with van der Waals surface area (Å²) in [7, 11) is -2.72. The minimum absolute atomic E-state index is 0.0199. The Morgan fingerprint density at radius 3 is 2.27 bits per heavy atom. The van der Waals surface area contributed by atoms with E-state index in [1.807, 2.05) is 0 Å². The third kappa shape index (κ3) is 5.31. The van der Waals surface area contributed by atoms with Crippen molar-refractivity contribution in [2.75, 3.05) is 18.0 Å². The van der Waals surface area contributed by atoms with Crippen LogP contribution in [0.3, 0.4) is 0 Å². The summed E-state index contributed by atoms with van der Waals surface area (Å²) in [6, 6.07) is 14.1. The van der Waals surface area contributed by atoms with Crippen molar-refractivity contribution in [1.82, 2.24) is 0 Å². The molecule has 33 heavy (non-hydrogen) atoms. The molecule has 6 nitrogen and oxygen atoms in total. The highest BCUT2D eigenvalue weighted by atomic mass is 32.2. The Kier molecular flexibility index (Phi) is 7.33. The van der Waals surface area contributed by atoms with Crippen LogP contribution in [0.15, 0.2) is 65.6 Å². The van der Waals surface area contributed by atoms with E-state index in [-0.39, 0.29) is 23.6 Å².